The Morgan fingerprint density at radius 2 is 1.56 bits per heavy atom. The summed E-state index contributed by atoms with van der Waals surface area (Å²) in [6.45, 7) is 4.88. The number of halogens is 3. The zero-order valence-corrected chi connectivity index (χ0v) is 19.7. The van der Waals surface area contributed by atoms with Crippen molar-refractivity contribution in [3.63, 3.8) is 0 Å². The van der Waals surface area contributed by atoms with E-state index in [1.807, 2.05) is 43.3 Å². The van der Waals surface area contributed by atoms with E-state index in [0.29, 0.717) is 18.1 Å². The van der Waals surface area contributed by atoms with Gasteiger partial charge >= 0.3 is 0 Å². The quantitative estimate of drug-likeness (QED) is 0.339. The van der Waals surface area contributed by atoms with Crippen molar-refractivity contribution in [2.45, 2.75) is 52.1 Å². The number of hydrogen-bond acceptors (Lipinski definition) is 1. The van der Waals surface area contributed by atoms with Crippen LogP contribution in [0.2, 0.25) is 0 Å². The summed E-state index contributed by atoms with van der Waals surface area (Å²) in [5, 5.41) is 0. The highest BCUT2D eigenvalue weighted by Gasteiger charge is 2.22. The third-order valence-corrected chi connectivity index (χ3v) is 6.61. The van der Waals surface area contributed by atoms with Gasteiger partial charge in [-0.2, -0.15) is 0 Å². The van der Waals surface area contributed by atoms with E-state index in [2.05, 4.69) is 6.92 Å². The topological polar surface area (TPSA) is 9.23 Å². The van der Waals surface area contributed by atoms with E-state index in [4.69, 9.17) is 4.74 Å². The van der Waals surface area contributed by atoms with Gasteiger partial charge < -0.3 is 4.74 Å². The standard InChI is InChI=1S/C30H31F3O/c1-3-4-21-7-16-26(34-19-21)17-14-25-15-18-27(29(31)28(25)30(32)33)24-12-10-23(11-13-24)22-8-5-20(2)6-9-22/h5-6,8-15,17-18,21,26,30H,3-4,7,16,19H2,1-2H3/b17-14+. The van der Waals surface area contributed by atoms with E-state index in [9.17, 15) is 8.78 Å². The lowest BCUT2D eigenvalue weighted by molar-refractivity contribution is 0.00877. The number of rotatable bonds is 7. The summed E-state index contributed by atoms with van der Waals surface area (Å²) in [4.78, 5) is 0. The molecule has 1 fully saturated rings. The van der Waals surface area contributed by atoms with Crippen LogP contribution < -0.4 is 0 Å². The largest absolute Gasteiger partial charge is 0.374 e. The van der Waals surface area contributed by atoms with Gasteiger partial charge in [0.2, 0.25) is 0 Å². The molecule has 0 N–H and O–H groups in total. The molecule has 0 saturated carbocycles. The van der Waals surface area contributed by atoms with Gasteiger partial charge in [-0.25, -0.2) is 13.2 Å². The Morgan fingerprint density at radius 3 is 2.15 bits per heavy atom. The van der Waals surface area contributed by atoms with E-state index in [1.165, 1.54) is 5.56 Å². The maximum Gasteiger partial charge on any atom is 0.267 e. The Bertz CT molecular complexity index is 1110. The average molecular weight is 465 g/mol. The van der Waals surface area contributed by atoms with Crippen LogP contribution in [-0.4, -0.2) is 12.7 Å². The molecule has 2 atom stereocenters. The van der Waals surface area contributed by atoms with E-state index in [1.54, 1.807) is 36.4 Å². The number of hydrogen-bond donors (Lipinski definition) is 0. The zero-order chi connectivity index (χ0) is 24.1. The van der Waals surface area contributed by atoms with Crippen molar-refractivity contribution in [1.82, 2.24) is 0 Å². The highest BCUT2D eigenvalue weighted by Crippen LogP contribution is 2.35. The first-order valence-corrected chi connectivity index (χ1v) is 12.0. The van der Waals surface area contributed by atoms with Crippen LogP contribution in [0.15, 0.2) is 66.7 Å². The number of aryl methyl sites for hydroxylation is 1. The summed E-state index contributed by atoms with van der Waals surface area (Å²) in [6.07, 6.45) is 4.55. The molecule has 4 heteroatoms. The molecule has 1 heterocycles. The minimum Gasteiger partial charge on any atom is -0.374 e. The first-order valence-electron chi connectivity index (χ1n) is 12.0. The van der Waals surface area contributed by atoms with E-state index >= 15 is 4.39 Å². The van der Waals surface area contributed by atoms with E-state index in [0.717, 1.165) is 36.8 Å². The van der Waals surface area contributed by atoms with Crippen molar-refractivity contribution in [1.29, 1.82) is 0 Å². The summed E-state index contributed by atoms with van der Waals surface area (Å²) < 4.78 is 49.0. The molecule has 0 aliphatic carbocycles. The average Bonchev–Trinajstić information content (AvgIpc) is 2.84. The molecule has 1 nitrogen and oxygen atoms in total. The molecule has 34 heavy (non-hydrogen) atoms. The van der Waals surface area contributed by atoms with Crippen LogP contribution in [0.3, 0.4) is 0 Å². The molecular weight excluding hydrogens is 433 g/mol. The van der Waals surface area contributed by atoms with Crippen LogP contribution in [0.4, 0.5) is 13.2 Å². The lowest BCUT2D eigenvalue weighted by atomic mass is 9.93. The van der Waals surface area contributed by atoms with Crippen molar-refractivity contribution in [2.24, 2.45) is 5.92 Å². The lowest BCUT2D eigenvalue weighted by Crippen LogP contribution is -2.24. The second-order valence-corrected chi connectivity index (χ2v) is 9.14. The highest BCUT2D eigenvalue weighted by molar-refractivity contribution is 5.73. The maximum absolute atomic E-state index is 15.3. The predicted octanol–water partition coefficient (Wildman–Crippen LogP) is 9.01. The van der Waals surface area contributed by atoms with Crippen LogP contribution in [0.25, 0.3) is 28.3 Å². The SMILES string of the molecule is CCCC1CCC(/C=C/c2ccc(-c3ccc(-c4ccc(C)cc4)cc3)c(F)c2C(F)F)OC1. The number of ether oxygens (including phenoxy) is 1. The van der Waals surface area contributed by atoms with Gasteiger partial charge in [-0.3, -0.25) is 0 Å². The molecule has 4 rings (SSSR count). The van der Waals surface area contributed by atoms with Gasteiger partial charge in [0.25, 0.3) is 6.43 Å². The third-order valence-electron chi connectivity index (χ3n) is 6.61. The fourth-order valence-electron chi connectivity index (χ4n) is 4.61. The Balaban J connectivity index is 1.55. The highest BCUT2D eigenvalue weighted by atomic mass is 19.3. The van der Waals surface area contributed by atoms with Gasteiger partial charge in [0, 0.05) is 5.56 Å². The second-order valence-electron chi connectivity index (χ2n) is 9.14. The van der Waals surface area contributed by atoms with Crippen LogP contribution in [0, 0.1) is 18.7 Å². The predicted molar refractivity (Wildman–Crippen MR) is 133 cm³/mol. The fraction of sp³-hybridized carbons (Fsp3) is 0.333. The summed E-state index contributed by atoms with van der Waals surface area (Å²) in [5.41, 5.74) is 3.61. The monoisotopic (exact) mass is 464 g/mol. The molecular formula is C30H31F3O. The summed E-state index contributed by atoms with van der Waals surface area (Å²) in [7, 11) is 0. The number of alkyl halides is 2. The van der Waals surface area contributed by atoms with Crippen molar-refractivity contribution in [3.05, 3.63) is 89.2 Å². The molecule has 0 radical (unpaired) electrons. The molecule has 2 unspecified atom stereocenters. The second kappa shape index (κ2) is 11.1. The molecule has 3 aromatic rings. The van der Waals surface area contributed by atoms with Crippen molar-refractivity contribution >= 4 is 6.08 Å². The van der Waals surface area contributed by atoms with Crippen molar-refractivity contribution in [3.8, 4) is 22.3 Å². The third kappa shape index (κ3) is 5.61. The maximum atomic E-state index is 15.3. The first kappa shape index (κ1) is 24.3. The molecule has 3 aromatic carbocycles. The Hall–Kier alpha value is -2.85. The van der Waals surface area contributed by atoms with Crippen LogP contribution in [0.5, 0.6) is 0 Å². The molecule has 0 bridgehead atoms. The summed E-state index contributed by atoms with van der Waals surface area (Å²) in [6, 6.07) is 18.6. The zero-order valence-electron chi connectivity index (χ0n) is 19.7. The van der Waals surface area contributed by atoms with Crippen molar-refractivity contribution in [2.75, 3.05) is 6.61 Å². The molecule has 1 aliphatic rings. The van der Waals surface area contributed by atoms with Gasteiger partial charge in [-0.15, -0.1) is 0 Å². The van der Waals surface area contributed by atoms with Crippen molar-refractivity contribution < 1.29 is 17.9 Å². The van der Waals surface area contributed by atoms with Crippen LogP contribution in [0.1, 0.15) is 55.7 Å². The first-order chi connectivity index (χ1) is 16.5. The Kier molecular flexibility index (Phi) is 7.89. The van der Waals surface area contributed by atoms with Gasteiger partial charge in [0.05, 0.1) is 18.3 Å². The molecule has 1 aliphatic heterocycles. The van der Waals surface area contributed by atoms with E-state index in [-0.39, 0.29) is 17.2 Å². The normalized spacial score (nSPS) is 18.6. The van der Waals surface area contributed by atoms with Gasteiger partial charge in [-0.05, 0) is 54.4 Å². The molecule has 1 saturated heterocycles. The van der Waals surface area contributed by atoms with Gasteiger partial charge in [-0.1, -0.05) is 91.7 Å². The number of benzene rings is 3. The van der Waals surface area contributed by atoms with Gasteiger partial charge in [0.15, 0.2) is 0 Å². The smallest absolute Gasteiger partial charge is 0.267 e. The van der Waals surface area contributed by atoms with Crippen LogP contribution >= 0.6 is 0 Å². The molecule has 0 aromatic heterocycles. The van der Waals surface area contributed by atoms with E-state index < -0.39 is 17.8 Å². The molecule has 0 spiro atoms. The molecule has 178 valence electrons. The Morgan fingerprint density at radius 1 is 0.912 bits per heavy atom. The molecule has 0 amide bonds. The summed E-state index contributed by atoms with van der Waals surface area (Å²) >= 11 is 0. The lowest BCUT2D eigenvalue weighted by Gasteiger charge is -2.27. The minimum atomic E-state index is -2.91. The van der Waals surface area contributed by atoms with Crippen LogP contribution in [-0.2, 0) is 4.74 Å². The fourth-order valence-corrected chi connectivity index (χ4v) is 4.61. The minimum absolute atomic E-state index is 0.115. The summed E-state index contributed by atoms with van der Waals surface area (Å²) in [5.74, 6) is -0.298. The van der Waals surface area contributed by atoms with Gasteiger partial charge in [0.1, 0.15) is 5.82 Å². The Labute approximate surface area is 200 Å².